The zero-order valence-corrected chi connectivity index (χ0v) is 17.7. The lowest BCUT2D eigenvalue weighted by molar-refractivity contribution is 0.462. The Labute approximate surface area is 168 Å². The molecule has 1 aliphatic heterocycles. The van der Waals surface area contributed by atoms with Crippen molar-refractivity contribution in [3.8, 4) is 0 Å². The van der Waals surface area contributed by atoms with Crippen LogP contribution >= 0.6 is 27.3 Å². The predicted molar refractivity (Wildman–Crippen MR) is 117 cm³/mol. The van der Waals surface area contributed by atoms with Gasteiger partial charge in [-0.2, -0.15) is 0 Å². The summed E-state index contributed by atoms with van der Waals surface area (Å²) < 4.78 is 1.15. The highest BCUT2D eigenvalue weighted by Crippen LogP contribution is 2.24. The van der Waals surface area contributed by atoms with Crippen molar-refractivity contribution in [3.05, 3.63) is 51.8 Å². The molecule has 140 valence electrons. The van der Waals surface area contributed by atoms with Crippen LogP contribution in [0.25, 0.3) is 0 Å². The average Bonchev–Trinajstić information content (AvgIpc) is 3.19. The average molecular weight is 435 g/mol. The Morgan fingerprint density at radius 3 is 2.81 bits per heavy atom. The van der Waals surface area contributed by atoms with Crippen LogP contribution in [0.3, 0.4) is 0 Å². The van der Waals surface area contributed by atoms with Gasteiger partial charge in [0, 0.05) is 37.2 Å². The summed E-state index contributed by atoms with van der Waals surface area (Å²) in [6.07, 6.45) is 4.46. The molecule has 0 spiro atoms. The highest BCUT2D eigenvalue weighted by atomic mass is 79.9. The molecule has 1 saturated heterocycles. The fraction of sp³-hybridized carbons (Fsp3) is 0.450. The van der Waals surface area contributed by atoms with Crippen LogP contribution in [0.1, 0.15) is 24.8 Å². The van der Waals surface area contributed by atoms with Gasteiger partial charge in [-0.05, 0) is 60.9 Å². The Bertz CT molecular complexity index is 694. The van der Waals surface area contributed by atoms with Crippen molar-refractivity contribution >= 4 is 38.2 Å². The number of nitrogens with one attached hydrogen (secondary N) is 2. The predicted octanol–water partition coefficient (Wildman–Crippen LogP) is 4.28. The molecule has 1 aromatic heterocycles. The minimum atomic E-state index is 0.502. The van der Waals surface area contributed by atoms with Crippen LogP contribution in [0.15, 0.2) is 51.2 Å². The molecule has 1 fully saturated rings. The fourth-order valence-corrected chi connectivity index (χ4v) is 4.51. The van der Waals surface area contributed by atoms with Crippen molar-refractivity contribution in [1.29, 1.82) is 0 Å². The lowest BCUT2D eigenvalue weighted by Crippen LogP contribution is -2.48. The zero-order valence-electron chi connectivity index (χ0n) is 15.2. The Morgan fingerprint density at radius 2 is 2.12 bits per heavy atom. The van der Waals surface area contributed by atoms with Gasteiger partial charge in [0.25, 0.3) is 0 Å². The summed E-state index contributed by atoms with van der Waals surface area (Å²) in [6, 6.07) is 13.4. The highest BCUT2D eigenvalue weighted by Gasteiger charge is 2.20. The summed E-state index contributed by atoms with van der Waals surface area (Å²) in [4.78, 5) is 6.87. The van der Waals surface area contributed by atoms with E-state index in [9.17, 15) is 0 Å². The fourth-order valence-electron chi connectivity index (χ4n) is 3.27. The molecular weight excluding hydrogens is 408 g/mol. The van der Waals surface area contributed by atoms with Gasteiger partial charge in [0.1, 0.15) is 0 Å². The maximum Gasteiger partial charge on any atom is 0.191 e. The van der Waals surface area contributed by atoms with Crippen molar-refractivity contribution in [3.63, 3.8) is 0 Å². The number of thiophene rings is 1. The first-order valence-electron chi connectivity index (χ1n) is 9.24. The van der Waals surface area contributed by atoms with E-state index < -0.39 is 0 Å². The lowest BCUT2D eigenvalue weighted by Gasteiger charge is -2.33. The number of piperidine rings is 1. The summed E-state index contributed by atoms with van der Waals surface area (Å²) in [6.45, 7) is 3.15. The number of nitrogens with zero attached hydrogens (tertiary/aromatic N) is 2. The standard InChI is InChI=1S/C20H27BrN4S/c1-22-20(23-11-3-6-16-5-2-7-17(21)15-16)24-18-9-12-25(13-10-18)19-8-4-14-26-19/h2,4-5,7-8,14-15,18H,3,6,9-13H2,1H3,(H2,22,23,24). The normalized spacial score (nSPS) is 15.9. The van der Waals surface area contributed by atoms with Gasteiger partial charge in [0.2, 0.25) is 0 Å². The molecule has 2 N–H and O–H groups in total. The molecule has 0 saturated carbocycles. The van der Waals surface area contributed by atoms with Crippen LogP contribution in [-0.4, -0.2) is 38.7 Å². The molecule has 0 bridgehead atoms. The topological polar surface area (TPSA) is 39.7 Å². The third-order valence-corrected chi connectivity index (χ3v) is 6.12. The molecule has 4 nitrogen and oxygen atoms in total. The van der Waals surface area contributed by atoms with E-state index in [-0.39, 0.29) is 0 Å². The maximum absolute atomic E-state index is 4.39. The van der Waals surface area contributed by atoms with E-state index in [1.165, 1.54) is 10.6 Å². The number of hydrogen-bond donors (Lipinski definition) is 2. The van der Waals surface area contributed by atoms with E-state index in [1.54, 1.807) is 0 Å². The summed E-state index contributed by atoms with van der Waals surface area (Å²) >= 11 is 5.36. The van der Waals surface area contributed by atoms with E-state index in [2.05, 4.69) is 78.2 Å². The van der Waals surface area contributed by atoms with Crippen LogP contribution in [-0.2, 0) is 6.42 Å². The van der Waals surface area contributed by atoms with Crippen molar-refractivity contribution < 1.29 is 0 Å². The molecule has 0 aliphatic carbocycles. The van der Waals surface area contributed by atoms with E-state index in [0.717, 1.165) is 55.7 Å². The number of anilines is 1. The monoisotopic (exact) mass is 434 g/mol. The number of aliphatic imine (C=N–C) groups is 1. The summed E-state index contributed by atoms with van der Waals surface area (Å²) in [5.41, 5.74) is 1.37. The summed E-state index contributed by atoms with van der Waals surface area (Å²) in [5, 5.41) is 10.6. The zero-order chi connectivity index (χ0) is 18.2. The first-order valence-corrected chi connectivity index (χ1v) is 10.9. The second-order valence-corrected chi connectivity index (χ2v) is 8.43. The lowest BCUT2D eigenvalue weighted by atomic mass is 10.1. The van der Waals surface area contributed by atoms with E-state index in [1.807, 2.05) is 18.4 Å². The van der Waals surface area contributed by atoms with Crippen molar-refractivity contribution in [2.75, 3.05) is 31.6 Å². The molecule has 2 aromatic rings. The number of rotatable bonds is 6. The van der Waals surface area contributed by atoms with Gasteiger partial charge in [-0.3, -0.25) is 4.99 Å². The molecule has 0 amide bonds. The van der Waals surface area contributed by atoms with Gasteiger partial charge in [-0.15, -0.1) is 11.3 Å². The quantitative estimate of drug-likeness (QED) is 0.404. The molecule has 26 heavy (non-hydrogen) atoms. The number of halogens is 1. The molecule has 6 heteroatoms. The van der Waals surface area contributed by atoms with Gasteiger partial charge in [0.15, 0.2) is 5.96 Å². The molecule has 1 aliphatic rings. The van der Waals surface area contributed by atoms with Gasteiger partial charge in [-0.25, -0.2) is 0 Å². The van der Waals surface area contributed by atoms with E-state index in [4.69, 9.17) is 0 Å². The highest BCUT2D eigenvalue weighted by molar-refractivity contribution is 9.10. The van der Waals surface area contributed by atoms with Gasteiger partial charge in [0.05, 0.1) is 5.00 Å². The Balaban J connectivity index is 1.36. The van der Waals surface area contributed by atoms with Crippen LogP contribution in [0.5, 0.6) is 0 Å². The SMILES string of the molecule is CN=C(NCCCc1cccc(Br)c1)NC1CCN(c2cccs2)CC1. The van der Waals surface area contributed by atoms with Crippen LogP contribution in [0.2, 0.25) is 0 Å². The molecule has 0 atom stereocenters. The number of aryl methyl sites for hydroxylation is 1. The smallest absolute Gasteiger partial charge is 0.191 e. The largest absolute Gasteiger partial charge is 0.363 e. The molecule has 3 rings (SSSR count). The number of guanidine groups is 1. The minimum absolute atomic E-state index is 0.502. The van der Waals surface area contributed by atoms with Crippen molar-refractivity contribution in [2.45, 2.75) is 31.7 Å². The van der Waals surface area contributed by atoms with Crippen LogP contribution in [0, 0.1) is 0 Å². The molecular formula is C20H27BrN4S. The van der Waals surface area contributed by atoms with Crippen LogP contribution in [0.4, 0.5) is 5.00 Å². The van der Waals surface area contributed by atoms with Gasteiger partial charge < -0.3 is 15.5 Å². The molecule has 1 aromatic carbocycles. The summed E-state index contributed by atoms with van der Waals surface area (Å²) in [7, 11) is 1.85. The van der Waals surface area contributed by atoms with E-state index >= 15 is 0 Å². The van der Waals surface area contributed by atoms with Gasteiger partial charge >= 0.3 is 0 Å². The first kappa shape index (κ1) is 19.2. The molecule has 0 unspecified atom stereocenters. The van der Waals surface area contributed by atoms with Crippen molar-refractivity contribution in [1.82, 2.24) is 10.6 Å². The molecule has 0 radical (unpaired) electrons. The maximum atomic E-state index is 4.39. The first-order chi connectivity index (χ1) is 12.7. The Kier molecular flexibility index (Phi) is 7.38. The third-order valence-electron chi connectivity index (χ3n) is 4.70. The van der Waals surface area contributed by atoms with Crippen LogP contribution < -0.4 is 15.5 Å². The van der Waals surface area contributed by atoms with Gasteiger partial charge in [-0.1, -0.05) is 28.1 Å². The van der Waals surface area contributed by atoms with Crippen molar-refractivity contribution in [2.24, 2.45) is 4.99 Å². The second kappa shape index (κ2) is 9.97. The Morgan fingerprint density at radius 1 is 1.27 bits per heavy atom. The van der Waals surface area contributed by atoms with E-state index in [0.29, 0.717) is 6.04 Å². The number of benzene rings is 1. The second-order valence-electron chi connectivity index (χ2n) is 6.59. The third kappa shape index (κ3) is 5.74. The summed E-state index contributed by atoms with van der Waals surface area (Å²) in [5.74, 6) is 0.925. The molecule has 2 heterocycles. The Hall–Kier alpha value is -1.53. The minimum Gasteiger partial charge on any atom is -0.363 e. The number of hydrogen-bond acceptors (Lipinski definition) is 3.